The van der Waals surface area contributed by atoms with Gasteiger partial charge >= 0.3 is 0 Å². The number of likely N-dealkylation sites (N-methyl/N-ethyl adjacent to an activating group) is 1. The van der Waals surface area contributed by atoms with Crippen molar-refractivity contribution in [1.82, 2.24) is 14.9 Å². The molecule has 0 bridgehead atoms. The number of aromatic nitrogens is 1. The first-order valence-electron chi connectivity index (χ1n) is 9.87. The zero-order chi connectivity index (χ0) is 20.0. The lowest BCUT2D eigenvalue weighted by atomic mass is 9.99. The molecule has 0 aromatic carbocycles. The van der Waals surface area contributed by atoms with Crippen LogP contribution in [0.15, 0.2) is 59.6 Å². The Morgan fingerprint density at radius 3 is 2.74 bits per heavy atom. The third-order valence-corrected chi connectivity index (χ3v) is 5.67. The quantitative estimate of drug-likeness (QED) is 0.380. The third-order valence-electron chi connectivity index (χ3n) is 5.67. The van der Waals surface area contributed by atoms with Crippen molar-refractivity contribution in [3.8, 4) is 0 Å². The van der Waals surface area contributed by atoms with Crippen LogP contribution in [0, 0.1) is 12.8 Å². The molecule has 146 valence electrons. The molecule has 0 saturated carbocycles. The summed E-state index contributed by atoms with van der Waals surface area (Å²) in [5, 5.41) is 6.60. The average molecular weight is 367 g/mol. The summed E-state index contributed by atoms with van der Waals surface area (Å²) in [5.41, 5.74) is 5.26. The minimum absolute atomic E-state index is 0.610. The standard InChI is InChI=1S/C23H34N4/c1-8-21-14-16-27(20(21)6)17(3)12-13-22(9-2)26(7)25-19(5)23-11-10-15-24-18(23)4/h9-13,15,20-21H,2,8,14,16H2,1,3-7H3/b17-12+,22-13+,25-19+. The molecule has 2 unspecified atom stereocenters. The van der Waals surface area contributed by atoms with Gasteiger partial charge in [-0.1, -0.05) is 19.9 Å². The van der Waals surface area contributed by atoms with Gasteiger partial charge in [0, 0.05) is 42.8 Å². The SMILES string of the molecule is C=C/C(=C\C=C(/C)N1CCC(CC)C1C)N(C)/N=C(\C)c1cccnc1C. The van der Waals surface area contributed by atoms with Crippen LogP contribution in [0.4, 0.5) is 0 Å². The number of pyridine rings is 1. The fourth-order valence-electron chi connectivity index (χ4n) is 3.86. The molecule has 1 aliphatic heterocycles. The molecule has 0 N–H and O–H groups in total. The maximum Gasteiger partial charge on any atom is 0.0669 e. The average Bonchev–Trinajstić information content (AvgIpc) is 3.02. The number of nitrogens with zero attached hydrogens (tertiary/aromatic N) is 4. The normalized spacial score (nSPS) is 21.6. The predicted octanol–water partition coefficient (Wildman–Crippen LogP) is 5.14. The van der Waals surface area contributed by atoms with Crippen molar-refractivity contribution in [1.29, 1.82) is 0 Å². The van der Waals surface area contributed by atoms with E-state index in [-0.39, 0.29) is 0 Å². The summed E-state index contributed by atoms with van der Waals surface area (Å²) in [6.45, 7) is 15.9. The summed E-state index contributed by atoms with van der Waals surface area (Å²) in [4.78, 5) is 6.86. The number of likely N-dealkylation sites (tertiary alicyclic amines) is 1. The number of rotatable bonds is 7. The van der Waals surface area contributed by atoms with Crippen LogP contribution in [0.1, 0.15) is 51.8 Å². The van der Waals surface area contributed by atoms with Crippen LogP contribution in [0.5, 0.6) is 0 Å². The van der Waals surface area contributed by atoms with Crippen molar-refractivity contribution in [3.05, 3.63) is 65.8 Å². The largest absolute Gasteiger partial charge is 0.372 e. The third kappa shape index (κ3) is 5.09. The van der Waals surface area contributed by atoms with Gasteiger partial charge < -0.3 is 4.90 Å². The van der Waals surface area contributed by atoms with E-state index < -0.39 is 0 Å². The van der Waals surface area contributed by atoms with Crippen molar-refractivity contribution in [2.45, 2.75) is 53.5 Å². The van der Waals surface area contributed by atoms with E-state index in [1.807, 2.05) is 38.0 Å². The van der Waals surface area contributed by atoms with Gasteiger partial charge in [0.05, 0.1) is 11.4 Å². The van der Waals surface area contributed by atoms with Gasteiger partial charge in [0.2, 0.25) is 0 Å². The molecule has 2 atom stereocenters. The van der Waals surface area contributed by atoms with Crippen molar-refractivity contribution < 1.29 is 0 Å². The summed E-state index contributed by atoms with van der Waals surface area (Å²) in [6.07, 6.45) is 10.5. The van der Waals surface area contributed by atoms with E-state index in [1.54, 1.807) is 6.20 Å². The monoisotopic (exact) mass is 366 g/mol. The van der Waals surface area contributed by atoms with Gasteiger partial charge in [-0.15, -0.1) is 0 Å². The zero-order valence-electron chi connectivity index (χ0n) is 17.7. The minimum Gasteiger partial charge on any atom is -0.372 e. The Hall–Kier alpha value is -2.36. The maximum absolute atomic E-state index is 4.72. The highest BCUT2D eigenvalue weighted by molar-refractivity contribution is 5.99. The van der Waals surface area contributed by atoms with Gasteiger partial charge in [0.25, 0.3) is 0 Å². The Labute approximate surface area is 165 Å². The van der Waals surface area contributed by atoms with Gasteiger partial charge in [-0.05, 0) is 70.4 Å². The highest BCUT2D eigenvalue weighted by atomic mass is 15.4. The molecule has 0 radical (unpaired) electrons. The Kier molecular flexibility index (Phi) is 7.40. The van der Waals surface area contributed by atoms with E-state index in [9.17, 15) is 0 Å². The molecule has 1 saturated heterocycles. The molecule has 0 aliphatic carbocycles. The zero-order valence-corrected chi connectivity index (χ0v) is 17.7. The van der Waals surface area contributed by atoms with Crippen molar-refractivity contribution in [2.24, 2.45) is 11.0 Å². The molecule has 27 heavy (non-hydrogen) atoms. The molecule has 1 aliphatic rings. The number of hydrogen-bond acceptors (Lipinski definition) is 4. The number of allylic oxidation sites excluding steroid dienone is 4. The second kappa shape index (κ2) is 9.54. The minimum atomic E-state index is 0.610. The smallest absolute Gasteiger partial charge is 0.0669 e. The topological polar surface area (TPSA) is 31.7 Å². The second-order valence-electron chi connectivity index (χ2n) is 7.34. The first-order chi connectivity index (χ1) is 12.9. The molecule has 2 rings (SSSR count). The molecule has 1 aromatic heterocycles. The van der Waals surface area contributed by atoms with Crippen molar-refractivity contribution in [2.75, 3.05) is 13.6 Å². The lowest BCUT2D eigenvalue weighted by Gasteiger charge is -2.27. The molecule has 1 aromatic rings. The van der Waals surface area contributed by atoms with Gasteiger partial charge in [0.15, 0.2) is 0 Å². The Morgan fingerprint density at radius 1 is 1.41 bits per heavy atom. The molecule has 0 spiro atoms. The fraction of sp³-hybridized carbons (Fsp3) is 0.478. The van der Waals surface area contributed by atoms with E-state index in [0.29, 0.717) is 6.04 Å². The van der Waals surface area contributed by atoms with E-state index in [4.69, 9.17) is 5.10 Å². The molecule has 0 amide bonds. The predicted molar refractivity (Wildman–Crippen MR) is 116 cm³/mol. The lowest BCUT2D eigenvalue weighted by Crippen LogP contribution is -2.28. The maximum atomic E-state index is 4.72. The number of hydrogen-bond donors (Lipinski definition) is 0. The summed E-state index contributed by atoms with van der Waals surface area (Å²) in [6, 6.07) is 4.60. The summed E-state index contributed by atoms with van der Waals surface area (Å²) >= 11 is 0. The molecule has 2 heterocycles. The van der Waals surface area contributed by atoms with Gasteiger partial charge in [-0.2, -0.15) is 5.10 Å². The van der Waals surface area contributed by atoms with E-state index in [1.165, 1.54) is 18.5 Å². The van der Waals surface area contributed by atoms with Crippen LogP contribution in [0.3, 0.4) is 0 Å². The Balaban J connectivity index is 2.16. The molecule has 4 heteroatoms. The first-order valence-corrected chi connectivity index (χ1v) is 9.87. The summed E-state index contributed by atoms with van der Waals surface area (Å²) in [7, 11) is 1.96. The Morgan fingerprint density at radius 2 is 2.15 bits per heavy atom. The van der Waals surface area contributed by atoms with Gasteiger partial charge in [-0.3, -0.25) is 9.99 Å². The van der Waals surface area contributed by atoms with Crippen LogP contribution in [-0.2, 0) is 0 Å². The molecule has 4 nitrogen and oxygen atoms in total. The highest BCUT2D eigenvalue weighted by Gasteiger charge is 2.28. The van der Waals surface area contributed by atoms with E-state index in [0.717, 1.165) is 35.1 Å². The summed E-state index contributed by atoms with van der Waals surface area (Å²) in [5.74, 6) is 0.800. The van der Waals surface area contributed by atoms with Gasteiger partial charge in [0.1, 0.15) is 0 Å². The van der Waals surface area contributed by atoms with Gasteiger partial charge in [-0.25, -0.2) is 0 Å². The highest BCUT2D eigenvalue weighted by Crippen LogP contribution is 2.29. The molecular weight excluding hydrogens is 332 g/mol. The molecular formula is C23H34N4. The van der Waals surface area contributed by atoms with Crippen LogP contribution in [0.25, 0.3) is 0 Å². The fourth-order valence-corrected chi connectivity index (χ4v) is 3.86. The van der Waals surface area contributed by atoms with Crippen molar-refractivity contribution >= 4 is 5.71 Å². The molecule has 1 fully saturated rings. The second-order valence-corrected chi connectivity index (χ2v) is 7.34. The number of aryl methyl sites for hydroxylation is 1. The van der Waals surface area contributed by atoms with E-state index >= 15 is 0 Å². The van der Waals surface area contributed by atoms with Crippen molar-refractivity contribution in [3.63, 3.8) is 0 Å². The van der Waals surface area contributed by atoms with Crippen LogP contribution in [0.2, 0.25) is 0 Å². The Bertz CT molecular complexity index is 745. The summed E-state index contributed by atoms with van der Waals surface area (Å²) < 4.78 is 0. The van der Waals surface area contributed by atoms with Crippen LogP contribution in [-0.4, -0.2) is 40.2 Å². The van der Waals surface area contributed by atoms with E-state index in [2.05, 4.69) is 55.5 Å². The van der Waals surface area contributed by atoms with Crippen LogP contribution >= 0.6 is 0 Å². The van der Waals surface area contributed by atoms with Crippen LogP contribution < -0.4 is 0 Å². The first kappa shape index (κ1) is 20.9. The number of hydrazone groups is 1. The lowest BCUT2D eigenvalue weighted by molar-refractivity contribution is 0.297.